The third kappa shape index (κ3) is 3.16. The minimum absolute atomic E-state index is 0.0177. The van der Waals surface area contributed by atoms with Crippen molar-refractivity contribution in [3.05, 3.63) is 52.9 Å². The molecule has 1 N–H and O–H groups in total. The lowest BCUT2D eigenvalue weighted by Gasteiger charge is -2.33. The number of nitrogens with zero attached hydrogens (tertiary/aromatic N) is 3. The number of carboxylic acid groups (broad SMARTS) is 1. The number of piperidine rings is 1. The lowest BCUT2D eigenvalue weighted by Crippen LogP contribution is -2.40. The number of benzene rings is 1. The predicted molar refractivity (Wildman–Crippen MR) is 96.0 cm³/mol. The average Bonchev–Trinajstić information content (AvgIpc) is 3.34. The summed E-state index contributed by atoms with van der Waals surface area (Å²) in [5.74, 6) is -3.01. The summed E-state index contributed by atoms with van der Waals surface area (Å²) in [5, 5.41) is 13.4. The molecule has 148 valence electrons. The summed E-state index contributed by atoms with van der Waals surface area (Å²) < 4.78 is 29.6. The molecule has 4 rings (SSSR count). The molecule has 2 atom stereocenters. The Kier molecular flexibility index (Phi) is 4.64. The van der Waals surface area contributed by atoms with E-state index in [4.69, 9.17) is 5.11 Å². The highest BCUT2D eigenvalue weighted by atomic mass is 19.1. The molecule has 0 bridgehead atoms. The first-order valence-corrected chi connectivity index (χ1v) is 9.38. The number of carbonyl (C=O) groups excluding carboxylic acids is 1. The summed E-state index contributed by atoms with van der Waals surface area (Å²) in [6.07, 6.45) is 3.15. The number of aromatic nitrogens is 2. The Morgan fingerprint density at radius 2 is 1.82 bits per heavy atom. The monoisotopic (exact) mass is 389 g/mol. The lowest BCUT2D eigenvalue weighted by atomic mass is 10.0. The summed E-state index contributed by atoms with van der Waals surface area (Å²) in [4.78, 5) is 25.7. The van der Waals surface area contributed by atoms with Gasteiger partial charge in [0.25, 0.3) is 0 Å². The van der Waals surface area contributed by atoms with E-state index in [1.54, 1.807) is 16.5 Å². The summed E-state index contributed by atoms with van der Waals surface area (Å²) >= 11 is 0. The van der Waals surface area contributed by atoms with Gasteiger partial charge in [-0.15, -0.1) is 0 Å². The van der Waals surface area contributed by atoms with Crippen LogP contribution in [0.15, 0.2) is 24.4 Å². The van der Waals surface area contributed by atoms with Crippen molar-refractivity contribution in [2.75, 3.05) is 13.1 Å². The van der Waals surface area contributed by atoms with Crippen molar-refractivity contribution >= 4 is 11.9 Å². The highest BCUT2D eigenvalue weighted by molar-refractivity contribution is 5.88. The van der Waals surface area contributed by atoms with E-state index in [-0.39, 0.29) is 29.0 Å². The van der Waals surface area contributed by atoms with Gasteiger partial charge < -0.3 is 10.0 Å². The van der Waals surface area contributed by atoms with Gasteiger partial charge in [-0.25, -0.2) is 13.6 Å². The molecule has 1 aromatic carbocycles. The third-order valence-corrected chi connectivity index (χ3v) is 5.88. The van der Waals surface area contributed by atoms with E-state index in [1.807, 2.05) is 0 Å². The van der Waals surface area contributed by atoms with E-state index in [9.17, 15) is 18.4 Å². The van der Waals surface area contributed by atoms with Gasteiger partial charge >= 0.3 is 5.97 Å². The molecular formula is C20H21F2N3O3. The zero-order valence-corrected chi connectivity index (χ0v) is 15.4. The molecule has 2 aliphatic rings. The molecule has 1 aliphatic carbocycles. The Labute approximate surface area is 160 Å². The second kappa shape index (κ2) is 7.00. The molecule has 1 saturated carbocycles. The molecule has 6 nitrogen and oxygen atoms in total. The van der Waals surface area contributed by atoms with Gasteiger partial charge in [0, 0.05) is 30.5 Å². The van der Waals surface area contributed by atoms with Crippen LogP contribution in [-0.4, -0.2) is 44.8 Å². The van der Waals surface area contributed by atoms with E-state index in [1.165, 1.54) is 24.4 Å². The average molecular weight is 389 g/mol. The van der Waals surface area contributed by atoms with Crippen LogP contribution in [-0.2, 0) is 4.79 Å². The second-order valence-electron chi connectivity index (χ2n) is 7.53. The number of likely N-dealkylation sites (tertiary alicyclic amines) is 1. The first kappa shape index (κ1) is 18.6. The molecule has 2 heterocycles. The fourth-order valence-corrected chi connectivity index (χ4v) is 4.22. The molecule has 2 aromatic rings. The first-order chi connectivity index (χ1) is 13.4. The van der Waals surface area contributed by atoms with Crippen LogP contribution in [0.1, 0.15) is 52.8 Å². The number of halogens is 2. The number of carboxylic acids is 1. The Bertz CT molecular complexity index is 915. The highest BCUT2D eigenvalue weighted by Gasteiger charge is 2.48. The SMILES string of the molecule is Cc1c(C(=O)O)cnn1C1CCN(C(=O)C2CC2c2c(F)cccc2F)CC1. The van der Waals surface area contributed by atoms with Crippen molar-refractivity contribution in [3.8, 4) is 0 Å². The van der Waals surface area contributed by atoms with E-state index < -0.39 is 23.5 Å². The molecule has 1 saturated heterocycles. The van der Waals surface area contributed by atoms with Gasteiger partial charge in [-0.2, -0.15) is 5.10 Å². The van der Waals surface area contributed by atoms with Gasteiger partial charge in [0.1, 0.15) is 17.2 Å². The van der Waals surface area contributed by atoms with E-state index >= 15 is 0 Å². The van der Waals surface area contributed by atoms with Crippen LogP contribution in [0.25, 0.3) is 0 Å². The van der Waals surface area contributed by atoms with Gasteiger partial charge in [0.05, 0.1) is 17.9 Å². The van der Waals surface area contributed by atoms with Gasteiger partial charge in [0.2, 0.25) is 5.91 Å². The number of carbonyl (C=O) groups is 2. The van der Waals surface area contributed by atoms with Crippen LogP contribution in [0.4, 0.5) is 8.78 Å². The minimum atomic E-state index is -1.00. The van der Waals surface area contributed by atoms with Crippen LogP contribution in [0.5, 0.6) is 0 Å². The smallest absolute Gasteiger partial charge is 0.339 e. The Hall–Kier alpha value is -2.77. The maximum absolute atomic E-state index is 13.9. The van der Waals surface area contributed by atoms with Crippen LogP contribution < -0.4 is 0 Å². The summed E-state index contributed by atoms with van der Waals surface area (Å²) in [6, 6.07) is 3.81. The molecular weight excluding hydrogens is 368 g/mol. The number of amides is 1. The number of rotatable bonds is 4. The third-order valence-electron chi connectivity index (χ3n) is 5.88. The molecule has 2 unspecified atom stereocenters. The predicted octanol–water partition coefficient (Wildman–Crippen LogP) is 3.14. The second-order valence-corrected chi connectivity index (χ2v) is 7.53. The summed E-state index contributed by atoms with van der Waals surface area (Å²) in [5.41, 5.74) is 0.810. The highest BCUT2D eigenvalue weighted by Crippen LogP contribution is 2.50. The number of aromatic carboxylic acids is 1. The standard InChI is InChI=1S/C20H21F2N3O3/c1-11-15(20(27)28)10-23-25(11)12-5-7-24(8-6-12)19(26)14-9-13(14)18-16(21)3-2-4-17(18)22/h2-4,10,12-14H,5-9H2,1H3,(H,27,28). The lowest BCUT2D eigenvalue weighted by molar-refractivity contribution is -0.134. The Morgan fingerprint density at radius 1 is 1.18 bits per heavy atom. The molecule has 1 amide bonds. The van der Waals surface area contributed by atoms with Crippen LogP contribution in [0.2, 0.25) is 0 Å². The number of hydrogen-bond acceptors (Lipinski definition) is 3. The molecule has 1 aliphatic heterocycles. The van der Waals surface area contributed by atoms with Gasteiger partial charge in [-0.3, -0.25) is 9.48 Å². The van der Waals surface area contributed by atoms with Crippen molar-refractivity contribution in [1.82, 2.24) is 14.7 Å². The quantitative estimate of drug-likeness (QED) is 0.872. The molecule has 28 heavy (non-hydrogen) atoms. The Morgan fingerprint density at radius 3 is 2.39 bits per heavy atom. The van der Waals surface area contributed by atoms with E-state index in [2.05, 4.69) is 5.10 Å². The van der Waals surface area contributed by atoms with E-state index in [0.29, 0.717) is 38.0 Å². The van der Waals surface area contributed by atoms with Crippen molar-refractivity contribution in [3.63, 3.8) is 0 Å². The maximum atomic E-state index is 13.9. The Balaban J connectivity index is 1.38. The topological polar surface area (TPSA) is 75.4 Å². The summed E-state index contributed by atoms with van der Waals surface area (Å²) in [6.45, 7) is 2.77. The minimum Gasteiger partial charge on any atom is -0.478 e. The van der Waals surface area contributed by atoms with Crippen molar-refractivity contribution in [1.29, 1.82) is 0 Å². The van der Waals surface area contributed by atoms with Crippen LogP contribution in [0.3, 0.4) is 0 Å². The summed E-state index contributed by atoms with van der Waals surface area (Å²) in [7, 11) is 0. The molecule has 8 heteroatoms. The van der Waals surface area contributed by atoms with Crippen molar-refractivity contribution in [2.24, 2.45) is 5.92 Å². The van der Waals surface area contributed by atoms with Crippen molar-refractivity contribution < 1.29 is 23.5 Å². The molecule has 0 radical (unpaired) electrons. The van der Waals surface area contributed by atoms with Crippen molar-refractivity contribution in [2.45, 2.75) is 38.1 Å². The molecule has 1 aromatic heterocycles. The van der Waals surface area contributed by atoms with Gasteiger partial charge in [0.15, 0.2) is 0 Å². The van der Waals surface area contributed by atoms with Crippen LogP contribution >= 0.6 is 0 Å². The van der Waals surface area contributed by atoms with Gasteiger partial charge in [-0.1, -0.05) is 6.07 Å². The first-order valence-electron chi connectivity index (χ1n) is 9.38. The maximum Gasteiger partial charge on any atom is 0.339 e. The zero-order valence-electron chi connectivity index (χ0n) is 15.4. The largest absolute Gasteiger partial charge is 0.478 e. The van der Waals surface area contributed by atoms with Gasteiger partial charge in [-0.05, 0) is 38.3 Å². The fourth-order valence-electron chi connectivity index (χ4n) is 4.22. The molecule has 2 fully saturated rings. The normalized spacial score (nSPS) is 22.3. The fraction of sp³-hybridized carbons (Fsp3) is 0.450. The van der Waals surface area contributed by atoms with E-state index in [0.717, 1.165) is 0 Å². The zero-order chi connectivity index (χ0) is 20.0. The number of hydrogen-bond donors (Lipinski definition) is 1. The molecule has 0 spiro atoms. The van der Waals surface area contributed by atoms with Crippen LogP contribution in [0, 0.1) is 24.5 Å².